The Bertz CT molecular complexity index is 1240. The van der Waals surface area contributed by atoms with Crippen molar-refractivity contribution in [2.24, 2.45) is 0 Å². The van der Waals surface area contributed by atoms with E-state index in [2.05, 4.69) is 48.0 Å². The van der Waals surface area contributed by atoms with Crippen molar-refractivity contribution in [2.45, 2.75) is 26.4 Å². The van der Waals surface area contributed by atoms with E-state index in [4.69, 9.17) is 0 Å². The number of hydrogen-bond acceptors (Lipinski definition) is 9. The molecule has 0 radical (unpaired) electrons. The molecule has 2 aromatic heterocycles. The summed E-state index contributed by atoms with van der Waals surface area (Å²) >= 11 is 0. The maximum absolute atomic E-state index is 11.9. The van der Waals surface area contributed by atoms with Crippen molar-refractivity contribution in [2.75, 3.05) is 34.8 Å². The monoisotopic (exact) mass is 526 g/mol. The fourth-order valence-corrected chi connectivity index (χ4v) is 3.90. The van der Waals surface area contributed by atoms with Crippen LogP contribution < -0.4 is 20.3 Å². The molecule has 34 heavy (non-hydrogen) atoms. The Morgan fingerprint density at radius 2 is 1.88 bits per heavy atom. The number of hydrogen-bond donors (Lipinski definition) is 3. The Morgan fingerprint density at radius 1 is 1.12 bits per heavy atom. The molecule has 0 atom stereocenters. The Morgan fingerprint density at radius 3 is 2.65 bits per heavy atom. The molecular formula is C21H28Cl2N8O2S. The summed E-state index contributed by atoms with van der Waals surface area (Å²) in [6.45, 7) is 4.03. The van der Waals surface area contributed by atoms with Crippen LogP contribution in [0.2, 0.25) is 0 Å². The van der Waals surface area contributed by atoms with E-state index in [1.165, 1.54) is 30.6 Å². The van der Waals surface area contributed by atoms with Crippen molar-refractivity contribution in [1.29, 1.82) is 0 Å². The number of aromatic nitrogens is 4. The van der Waals surface area contributed by atoms with Crippen LogP contribution in [-0.2, 0) is 29.5 Å². The summed E-state index contributed by atoms with van der Waals surface area (Å²) in [7, 11) is -2.00. The number of sulfonamides is 1. The molecule has 0 saturated heterocycles. The Balaban J connectivity index is 0.00000204. The fourth-order valence-electron chi connectivity index (χ4n) is 3.44. The summed E-state index contributed by atoms with van der Waals surface area (Å²) < 4.78 is 25.0. The Kier molecular flexibility index (Phi) is 9.39. The number of halogens is 2. The number of fused-ring (bicyclic) bond motifs is 1. The van der Waals surface area contributed by atoms with Crippen LogP contribution in [0.1, 0.15) is 22.4 Å². The molecule has 184 valence electrons. The van der Waals surface area contributed by atoms with Crippen LogP contribution in [-0.4, -0.2) is 48.2 Å². The molecule has 0 spiro atoms. The number of benzene rings is 1. The maximum atomic E-state index is 11.9. The van der Waals surface area contributed by atoms with Crippen LogP contribution in [0.4, 0.5) is 23.3 Å². The number of nitrogens with one attached hydrogen (secondary N) is 3. The van der Waals surface area contributed by atoms with E-state index in [0.29, 0.717) is 17.5 Å². The second-order valence-corrected chi connectivity index (χ2v) is 9.68. The third-order valence-electron chi connectivity index (χ3n) is 5.29. The van der Waals surface area contributed by atoms with Gasteiger partial charge in [0.2, 0.25) is 16.0 Å². The number of nitrogens with zero attached hydrogens (tertiary/aromatic N) is 5. The molecule has 3 heterocycles. The first-order valence-electron chi connectivity index (χ1n) is 10.2. The zero-order chi connectivity index (χ0) is 22.7. The van der Waals surface area contributed by atoms with Gasteiger partial charge in [0.1, 0.15) is 11.5 Å². The van der Waals surface area contributed by atoms with Crippen LogP contribution in [0.3, 0.4) is 0 Å². The van der Waals surface area contributed by atoms with E-state index < -0.39 is 10.0 Å². The van der Waals surface area contributed by atoms with E-state index in [9.17, 15) is 8.42 Å². The molecule has 3 N–H and O–H groups in total. The van der Waals surface area contributed by atoms with Gasteiger partial charge in [0.25, 0.3) is 0 Å². The quantitative estimate of drug-likeness (QED) is 0.425. The summed E-state index contributed by atoms with van der Waals surface area (Å²) in [5.74, 6) is 1.37. The third-order valence-corrected chi connectivity index (χ3v) is 6.46. The first-order valence-corrected chi connectivity index (χ1v) is 12.1. The van der Waals surface area contributed by atoms with E-state index in [1.807, 2.05) is 13.0 Å². The van der Waals surface area contributed by atoms with E-state index in [-0.39, 0.29) is 37.2 Å². The lowest BCUT2D eigenvalue weighted by Crippen LogP contribution is -2.27. The normalized spacial score (nSPS) is 12.6. The van der Waals surface area contributed by atoms with Gasteiger partial charge >= 0.3 is 0 Å². The van der Waals surface area contributed by atoms with Gasteiger partial charge in [-0.3, -0.25) is 9.29 Å². The highest BCUT2D eigenvalue weighted by molar-refractivity contribution is 7.92. The Labute approximate surface area is 211 Å². The molecule has 10 nitrogen and oxygen atoms in total. The van der Waals surface area contributed by atoms with Crippen LogP contribution in [0, 0.1) is 6.92 Å². The van der Waals surface area contributed by atoms with Gasteiger partial charge < -0.3 is 16.0 Å². The smallest absolute Gasteiger partial charge is 0.233 e. The molecule has 0 fully saturated rings. The molecule has 1 aromatic carbocycles. The SMILES string of the molecule is Cc1cnc(Nc2ccc3c(c2)CCNC3)nc1NCc1nccnc1N(C)S(C)(=O)=O.Cl.Cl. The first kappa shape index (κ1) is 27.5. The van der Waals surface area contributed by atoms with Crippen molar-refractivity contribution in [3.05, 3.63) is 59.2 Å². The zero-order valence-corrected chi connectivity index (χ0v) is 21.5. The van der Waals surface area contributed by atoms with Gasteiger partial charge in [0.15, 0.2) is 5.82 Å². The van der Waals surface area contributed by atoms with Gasteiger partial charge in [0, 0.05) is 43.4 Å². The van der Waals surface area contributed by atoms with Crippen LogP contribution in [0.25, 0.3) is 0 Å². The predicted molar refractivity (Wildman–Crippen MR) is 139 cm³/mol. The summed E-state index contributed by atoms with van der Waals surface area (Å²) in [5, 5.41) is 9.87. The average Bonchev–Trinajstić information content (AvgIpc) is 2.78. The fraction of sp³-hybridized carbons (Fsp3) is 0.333. The van der Waals surface area contributed by atoms with Crippen molar-refractivity contribution in [3.63, 3.8) is 0 Å². The summed E-state index contributed by atoms with van der Waals surface area (Å²) in [6, 6.07) is 6.28. The van der Waals surface area contributed by atoms with Crippen molar-refractivity contribution in [1.82, 2.24) is 25.3 Å². The summed E-state index contributed by atoms with van der Waals surface area (Å²) in [6.07, 6.45) is 6.85. The summed E-state index contributed by atoms with van der Waals surface area (Å²) in [5.41, 5.74) is 4.92. The van der Waals surface area contributed by atoms with Crippen molar-refractivity contribution < 1.29 is 8.42 Å². The molecule has 0 saturated carbocycles. The first-order chi connectivity index (χ1) is 15.3. The zero-order valence-electron chi connectivity index (χ0n) is 19.1. The highest BCUT2D eigenvalue weighted by Crippen LogP contribution is 2.23. The van der Waals surface area contributed by atoms with E-state index >= 15 is 0 Å². The largest absolute Gasteiger partial charge is 0.364 e. The minimum absolute atomic E-state index is 0. The molecule has 1 aliphatic heterocycles. The van der Waals surface area contributed by atoms with Crippen LogP contribution in [0.15, 0.2) is 36.8 Å². The lowest BCUT2D eigenvalue weighted by molar-refractivity contribution is 0.599. The summed E-state index contributed by atoms with van der Waals surface area (Å²) in [4.78, 5) is 17.5. The topological polar surface area (TPSA) is 125 Å². The molecule has 4 rings (SSSR count). The number of aryl methyl sites for hydroxylation is 1. The van der Waals surface area contributed by atoms with Gasteiger partial charge in [-0.05, 0) is 43.1 Å². The minimum Gasteiger partial charge on any atom is -0.364 e. The Hall–Kier alpha value is -2.73. The minimum atomic E-state index is -3.45. The van der Waals surface area contributed by atoms with Gasteiger partial charge in [-0.2, -0.15) is 4.98 Å². The van der Waals surface area contributed by atoms with Crippen LogP contribution in [0.5, 0.6) is 0 Å². The molecule has 0 unspecified atom stereocenters. The van der Waals surface area contributed by atoms with Crippen LogP contribution >= 0.6 is 24.8 Å². The number of anilines is 4. The van der Waals surface area contributed by atoms with Gasteiger partial charge in [-0.1, -0.05) is 6.07 Å². The van der Waals surface area contributed by atoms with Crippen molar-refractivity contribution >= 4 is 58.1 Å². The maximum Gasteiger partial charge on any atom is 0.233 e. The second-order valence-electron chi connectivity index (χ2n) is 7.67. The third kappa shape index (κ3) is 6.44. The lowest BCUT2D eigenvalue weighted by Gasteiger charge is -2.19. The number of rotatable bonds is 7. The molecular weight excluding hydrogens is 499 g/mol. The molecule has 0 amide bonds. The predicted octanol–water partition coefficient (Wildman–Crippen LogP) is 2.82. The standard InChI is InChI=1S/C21H26N8O2S.2ClH/c1-14-11-26-21(27-17-5-4-16-12-22-7-6-15(16)10-17)28-19(14)25-13-18-20(24-9-8-23-18)29(2)32(3,30)31;;/h4-5,8-11,22H,6-7,12-13H2,1-3H3,(H2,25,26,27,28);2*1H. The van der Waals surface area contributed by atoms with E-state index in [0.717, 1.165) is 41.3 Å². The van der Waals surface area contributed by atoms with Gasteiger partial charge in [-0.15, -0.1) is 24.8 Å². The van der Waals surface area contributed by atoms with E-state index in [1.54, 1.807) is 6.20 Å². The average molecular weight is 527 g/mol. The second kappa shape index (κ2) is 11.6. The molecule has 3 aromatic rings. The molecule has 0 aliphatic carbocycles. The highest BCUT2D eigenvalue weighted by Gasteiger charge is 2.18. The van der Waals surface area contributed by atoms with Gasteiger partial charge in [-0.25, -0.2) is 18.4 Å². The molecule has 1 aliphatic rings. The molecule has 13 heteroatoms. The van der Waals surface area contributed by atoms with Gasteiger partial charge in [0.05, 0.1) is 12.8 Å². The highest BCUT2D eigenvalue weighted by atomic mass is 35.5. The lowest BCUT2D eigenvalue weighted by atomic mass is 10.0. The van der Waals surface area contributed by atoms with Crippen molar-refractivity contribution in [3.8, 4) is 0 Å². The molecule has 0 bridgehead atoms.